The maximum atomic E-state index is 13.8. The molecule has 1 aliphatic carbocycles. The Morgan fingerprint density at radius 2 is 1.76 bits per heavy atom. The minimum atomic E-state index is -4.45. The number of carboxylic acids is 1. The minimum Gasteiger partial charge on any atom is -0.489 e. The average molecular weight is 591 g/mol. The Bertz CT molecular complexity index is 1330. The predicted molar refractivity (Wildman–Crippen MR) is 150 cm³/mol. The summed E-state index contributed by atoms with van der Waals surface area (Å²) in [6, 6.07) is 8.06. The molecule has 0 aromatic heterocycles. The van der Waals surface area contributed by atoms with Crippen molar-refractivity contribution >= 4 is 23.7 Å². The van der Waals surface area contributed by atoms with Crippen molar-refractivity contribution < 1.29 is 42.1 Å². The quantitative estimate of drug-likeness (QED) is 0.375. The number of carbonyl (C=O) groups excluding carboxylic acids is 2. The first-order valence-electron chi connectivity index (χ1n) is 14.1. The molecule has 0 radical (unpaired) electrons. The molecule has 1 fully saturated rings. The number of halogens is 3. The highest BCUT2D eigenvalue weighted by Gasteiger charge is 2.37. The molecule has 2 amide bonds. The van der Waals surface area contributed by atoms with Gasteiger partial charge in [0.1, 0.15) is 24.0 Å². The summed E-state index contributed by atoms with van der Waals surface area (Å²) in [6.45, 7) is 5.24. The zero-order valence-corrected chi connectivity index (χ0v) is 24.3. The number of likely N-dealkylation sites (N-methyl/N-ethyl adjacent to an activating group) is 1. The Hall–Kier alpha value is -3.76. The van der Waals surface area contributed by atoms with Crippen LogP contribution in [0.15, 0.2) is 36.4 Å². The Morgan fingerprint density at radius 1 is 1.07 bits per heavy atom. The number of benzene rings is 2. The van der Waals surface area contributed by atoms with Crippen molar-refractivity contribution in [2.45, 2.75) is 89.6 Å². The van der Waals surface area contributed by atoms with Crippen LogP contribution < -0.4 is 9.64 Å². The second-order valence-corrected chi connectivity index (χ2v) is 11.9. The van der Waals surface area contributed by atoms with Crippen molar-refractivity contribution in [2.24, 2.45) is 0 Å². The van der Waals surface area contributed by atoms with Gasteiger partial charge in [0, 0.05) is 19.3 Å². The van der Waals surface area contributed by atoms with Crippen LogP contribution in [0.2, 0.25) is 0 Å². The van der Waals surface area contributed by atoms with E-state index in [0.717, 1.165) is 36.1 Å². The molecule has 0 spiro atoms. The molecule has 0 unspecified atom stereocenters. The van der Waals surface area contributed by atoms with Crippen molar-refractivity contribution in [1.29, 1.82) is 0 Å². The predicted octanol–water partition coefficient (Wildman–Crippen LogP) is 6.54. The molecular formula is C31H37F3N2O6. The highest BCUT2D eigenvalue weighted by molar-refractivity contribution is 5.98. The average Bonchev–Trinajstić information content (AvgIpc) is 3.58. The third-order valence-corrected chi connectivity index (χ3v) is 7.67. The van der Waals surface area contributed by atoms with Gasteiger partial charge in [-0.1, -0.05) is 25.0 Å². The molecule has 2 aliphatic rings. The first-order chi connectivity index (χ1) is 19.6. The summed E-state index contributed by atoms with van der Waals surface area (Å²) in [4.78, 5) is 39.8. The van der Waals surface area contributed by atoms with Crippen LogP contribution in [0, 0.1) is 0 Å². The second-order valence-electron chi connectivity index (χ2n) is 11.9. The van der Waals surface area contributed by atoms with Crippen LogP contribution in [-0.4, -0.2) is 53.2 Å². The van der Waals surface area contributed by atoms with Crippen LogP contribution in [0.25, 0.3) is 0 Å². The number of hydrogen-bond acceptors (Lipinski definition) is 5. The number of fused-ring (bicyclic) bond motifs is 1. The fourth-order valence-corrected chi connectivity index (χ4v) is 5.55. The van der Waals surface area contributed by atoms with Crippen LogP contribution >= 0.6 is 0 Å². The van der Waals surface area contributed by atoms with Gasteiger partial charge in [0.15, 0.2) is 0 Å². The summed E-state index contributed by atoms with van der Waals surface area (Å²) in [5, 5.41) is 9.70. The number of hydrogen-bond donors (Lipinski definition) is 1. The topological polar surface area (TPSA) is 96.4 Å². The van der Waals surface area contributed by atoms with Crippen molar-refractivity contribution in [3.63, 3.8) is 0 Å². The van der Waals surface area contributed by atoms with Gasteiger partial charge in [-0.15, -0.1) is 0 Å². The van der Waals surface area contributed by atoms with Gasteiger partial charge in [0.25, 0.3) is 0 Å². The highest BCUT2D eigenvalue weighted by Crippen LogP contribution is 2.42. The standard InChI is InChI=1S/C31H37F3N2O6/c1-30(2,3)42-29(40)35(4)26(28(38)39)17-27(37)36-14-13-21-16-22(10-12-25(21)36)41-18-19-9-11-23(20-7-5-6-8-20)24(15-19)31(32,33)34/h9-12,15-16,20,26H,5-8,13-14,17-18H2,1-4H3,(H,38,39)/t26-/m1/s1. The van der Waals surface area contributed by atoms with E-state index in [1.807, 2.05) is 0 Å². The lowest BCUT2D eigenvalue weighted by Gasteiger charge is -2.29. The first kappa shape index (κ1) is 31.2. The van der Waals surface area contributed by atoms with Gasteiger partial charge in [-0.25, -0.2) is 9.59 Å². The molecule has 2 aromatic carbocycles. The van der Waals surface area contributed by atoms with E-state index >= 15 is 0 Å². The number of alkyl halides is 3. The van der Waals surface area contributed by atoms with Crippen LogP contribution in [0.1, 0.15) is 81.0 Å². The minimum absolute atomic E-state index is 0.0489. The van der Waals surface area contributed by atoms with Gasteiger partial charge < -0.3 is 19.5 Å². The molecule has 2 aromatic rings. The van der Waals surface area contributed by atoms with Crippen molar-refractivity contribution in [3.05, 3.63) is 58.7 Å². The first-order valence-corrected chi connectivity index (χ1v) is 14.1. The van der Waals surface area contributed by atoms with E-state index in [9.17, 15) is 32.7 Å². The Kier molecular flexibility index (Phi) is 9.08. The normalized spacial score (nSPS) is 16.2. The summed E-state index contributed by atoms with van der Waals surface area (Å²) < 4.78 is 52.6. The summed E-state index contributed by atoms with van der Waals surface area (Å²) in [5.41, 5.74) is 0.725. The molecule has 228 valence electrons. The molecule has 0 bridgehead atoms. The monoisotopic (exact) mass is 590 g/mol. The number of nitrogens with zero attached hydrogens (tertiary/aromatic N) is 2. The van der Waals surface area contributed by atoms with Gasteiger partial charge in [-0.2, -0.15) is 13.2 Å². The second kappa shape index (κ2) is 12.2. The lowest BCUT2D eigenvalue weighted by Crippen LogP contribution is -2.47. The molecule has 4 rings (SSSR count). The molecule has 1 saturated carbocycles. The number of ether oxygens (including phenoxy) is 2. The van der Waals surface area contributed by atoms with Crippen molar-refractivity contribution in [3.8, 4) is 5.75 Å². The SMILES string of the molecule is CN(C(=O)OC(C)(C)C)[C@H](CC(=O)N1CCc2cc(OCc3ccc(C4CCCC4)c(C(F)(F)F)c3)ccc21)C(=O)O. The van der Waals surface area contributed by atoms with Crippen LogP contribution in [-0.2, 0) is 33.5 Å². The third-order valence-electron chi connectivity index (χ3n) is 7.67. The number of aliphatic carboxylic acids is 1. The number of anilines is 1. The summed E-state index contributed by atoms with van der Waals surface area (Å²) >= 11 is 0. The molecule has 1 N–H and O–H groups in total. The molecule has 1 heterocycles. The molecule has 11 heteroatoms. The molecule has 1 atom stereocenters. The summed E-state index contributed by atoms with van der Waals surface area (Å²) in [6.07, 6.45) is -1.82. The zero-order valence-electron chi connectivity index (χ0n) is 24.3. The van der Waals surface area contributed by atoms with Gasteiger partial charge in [0.05, 0.1) is 12.0 Å². The van der Waals surface area contributed by atoms with E-state index in [0.29, 0.717) is 35.5 Å². The molecule has 8 nitrogen and oxygen atoms in total. The molecular weight excluding hydrogens is 553 g/mol. The summed E-state index contributed by atoms with van der Waals surface area (Å²) in [7, 11) is 1.28. The van der Waals surface area contributed by atoms with Gasteiger partial charge in [0.2, 0.25) is 5.91 Å². The van der Waals surface area contributed by atoms with E-state index in [1.54, 1.807) is 51.1 Å². The maximum Gasteiger partial charge on any atom is 0.416 e. The Balaban J connectivity index is 1.42. The fraction of sp³-hybridized carbons (Fsp3) is 0.516. The van der Waals surface area contributed by atoms with E-state index in [4.69, 9.17) is 9.47 Å². The number of rotatable bonds is 8. The number of carbonyl (C=O) groups is 3. The smallest absolute Gasteiger partial charge is 0.416 e. The van der Waals surface area contributed by atoms with Gasteiger partial charge in [-0.3, -0.25) is 9.69 Å². The number of amides is 2. The van der Waals surface area contributed by atoms with Gasteiger partial charge in [-0.05, 0) is 86.9 Å². The Morgan fingerprint density at radius 3 is 2.38 bits per heavy atom. The van der Waals surface area contributed by atoms with Crippen molar-refractivity contribution in [1.82, 2.24) is 4.90 Å². The lowest BCUT2D eigenvalue weighted by atomic mass is 9.91. The van der Waals surface area contributed by atoms with Crippen molar-refractivity contribution in [2.75, 3.05) is 18.5 Å². The van der Waals surface area contributed by atoms with E-state index < -0.39 is 47.8 Å². The van der Waals surface area contributed by atoms with E-state index in [2.05, 4.69) is 0 Å². The molecule has 1 aliphatic heterocycles. The molecule has 42 heavy (non-hydrogen) atoms. The number of carboxylic acid groups (broad SMARTS) is 1. The largest absolute Gasteiger partial charge is 0.489 e. The van der Waals surface area contributed by atoms with Crippen LogP contribution in [0.4, 0.5) is 23.7 Å². The molecule has 0 saturated heterocycles. The zero-order chi connectivity index (χ0) is 30.8. The van der Waals surface area contributed by atoms with E-state index in [1.165, 1.54) is 18.0 Å². The Labute approximate surface area is 243 Å². The van der Waals surface area contributed by atoms with Gasteiger partial charge >= 0.3 is 18.2 Å². The fourth-order valence-electron chi connectivity index (χ4n) is 5.55. The van der Waals surface area contributed by atoms with E-state index in [-0.39, 0.29) is 12.5 Å². The van der Waals surface area contributed by atoms with Crippen LogP contribution in [0.3, 0.4) is 0 Å². The highest BCUT2D eigenvalue weighted by atomic mass is 19.4. The maximum absolute atomic E-state index is 13.8. The third kappa shape index (κ3) is 7.35. The van der Waals surface area contributed by atoms with Crippen LogP contribution in [0.5, 0.6) is 5.75 Å². The lowest BCUT2D eigenvalue weighted by molar-refractivity contribution is -0.144. The summed E-state index contributed by atoms with van der Waals surface area (Å²) in [5.74, 6) is -1.41.